The lowest BCUT2D eigenvalue weighted by atomic mass is 9.84. The number of carbonyl (C=O) groups excluding carboxylic acids is 1. The van der Waals surface area contributed by atoms with Gasteiger partial charge in [0.1, 0.15) is 11.6 Å². The molecule has 1 heterocycles. The molecule has 1 aliphatic heterocycles. The van der Waals surface area contributed by atoms with Gasteiger partial charge in [-0.05, 0) is 57.9 Å². The highest BCUT2D eigenvalue weighted by Crippen LogP contribution is 2.30. The topological polar surface area (TPSA) is 64.3 Å². The Kier molecular flexibility index (Phi) is 4.33. The van der Waals surface area contributed by atoms with Gasteiger partial charge in [-0.2, -0.15) is 0 Å². The third-order valence-corrected chi connectivity index (χ3v) is 3.48. The van der Waals surface area contributed by atoms with Crippen molar-refractivity contribution in [2.45, 2.75) is 51.2 Å². The monoisotopic (exact) mass is 276 g/mol. The van der Waals surface area contributed by atoms with Crippen LogP contribution in [-0.2, 0) is 9.53 Å². The first kappa shape index (κ1) is 14.9. The van der Waals surface area contributed by atoms with Gasteiger partial charge < -0.3 is 15.8 Å². The predicted molar refractivity (Wildman–Crippen MR) is 80.5 cm³/mol. The Bertz CT molecular complexity index is 462. The number of nitrogens with two attached hydrogens (primary N) is 1. The van der Waals surface area contributed by atoms with Crippen LogP contribution in [0.5, 0.6) is 0 Å². The van der Waals surface area contributed by atoms with E-state index in [1.54, 1.807) is 0 Å². The molecule has 0 radical (unpaired) electrons. The van der Waals surface area contributed by atoms with E-state index in [9.17, 15) is 4.79 Å². The number of esters is 1. The minimum atomic E-state index is -0.456. The normalized spacial score (nSPS) is 23.4. The number of anilines is 1. The van der Waals surface area contributed by atoms with Crippen LogP contribution >= 0.6 is 0 Å². The SMILES string of the molecule is CC(C)(C)OC(=O)C1NCCCC1c1ccc(N)cc1. The molecule has 1 aromatic carbocycles. The summed E-state index contributed by atoms with van der Waals surface area (Å²) >= 11 is 0. The zero-order valence-electron chi connectivity index (χ0n) is 12.5. The molecule has 1 aromatic rings. The maximum Gasteiger partial charge on any atom is 0.324 e. The number of carbonyl (C=O) groups is 1. The fourth-order valence-corrected chi connectivity index (χ4v) is 2.60. The fraction of sp³-hybridized carbons (Fsp3) is 0.562. The van der Waals surface area contributed by atoms with Crippen LogP contribution in [0.15, 0.2) is 24.3 Å². The van der Waals surface area contributed by atoms with Crippen molar-refractivity contribution >= 4 is 11.7 Å². The summed E-state index contributed by atoms with van der Waals surface area (Å²) in [5.74, 6) is -0.0155. The van der Waals surface area contributed by atoms with E-state index in [4.69, 9.17) is 10.5 Å². The lowest BCUT2D eigenvalue weighted by Gasteiger charge is -2.33. The Labute approximate surface area is 120 Å². The van der Waals surface area contributed by atoms with E-state index >= 15 is 0 Å². The van der Waals surface area contributed by atoms with E-state index in [2.05, 4.69) is 5.32 Å². The molecule has 110 valence electrons. The molecule has 0 spiro atoms. The molecule has 20 heavy (non-hydrogen) atoms. The highest BCUT2D eigenvalue weighted by Gasteiger charge is 2.34. The van der Waals surface area contributed by atoms with Crippen LogP contribution < -0.4 is 11.1 Å². The van der Waals surface area contributed by atoms with Gasteiger partial charge in [0.05, 0.1) is 0 Å². The summed E-state index contributed by atoms with van der Waals surface area (Å²) in [5.41, 5.74) is 7.15. The quantitative estimate of drug-likeness (QED) is 0.643. The summed E-state index contributed by atoms with van der Waals surface area (Å²) in [5, 5.41) is 3.30. The molecule has 0 saturated carbocycles. The average Bonchev–Trinajstić information content (AvgIpc) is 2.38. The van der Waals surface area contributed by atoms with E-state index in [0.29, 0.717) is 0 Å². The molecule has 0 aromatic heterocycles. The maximum absolute atomic E-state index is 12.4. The Morgan fingerprint density at radius 3 is 2.55 bits per heavy atom. The van der Waals surface area contributed by atoms with E-state index in [1.165, 1.54) is 0 Å². The van der Waals surface area contributed by atoms with Crippen molar-refractivity contribution in [3.05, 3.63) is 29.8 Å². The van der Waals surface area contributed by atoms with Crippen molar-refractivity contribution in [2.24, 2.45) is 0 Å². The van der Waals surface area contributed by atoms with Crippen molar-refractivity contribution in [3.8, 4) is 0 Å². The summed E-state index contributed by atoms with van der Waals surface area (Å²) in [7, 11) is 0. The molecule has 2 rings (SSSR count). The van der Waals surface area contributed by atoms with Crippen LogP contribution in [0.3, 0.4) is 0 Å². The highest BCUT2D eigenvalue weighted by atomic mass is 16.6. The number of nitrogens with one attached hydrogen (secondary N) is 1. The molecule has 1 aliphatic rings. The summed E-state index contributed by atoms with van der Waals surface area (Å²) in [6.07, 6.45) is 2.05. The molecule has 3 N–H and O–H groups in total. The number of nitrogen functional groups attached to an aromatic ring is 1. The first-order valence-electron chi connectivity index (χ1n) is 7.18. The minimum Gasteiger partial charge on any atom is -0.459 e. The average molecular weight is 276 g/mol. The van der Waals surface area contributed by atoms with Crippen molar-refractivity contribution in [1.29, 1.82) is 0 Å². The largest absolute Gasteiger partial charge is 0.459 e. The summed E-state index contributed by atoms with van der Waals surface area (Å²) in [6, 6.07) is 7.51. The van der Waals surface area contributed by atoms with Crippen LogP contribution in [-0.4, -0.2) is 24.2 Å². The van der Waals surface area contributed by atoms with Gasteiger partial charge in [0.25, 0.3) is 0 Å². The number of hydrogen-bond donors (Lipinski definition) is 2. The van der Waals surface area contributed by atoms with Gasteiger partial charge >= 0.3 is 5.97 Å². The summed E-state index contributed by atoms with van der Waals surface area (Å²) in [6.45, 7) is 6.54. The third-order valence-electron chi connectivity index (χ3n) is 3.48. The number of benzene rings is 1. The van der Waals surface area contributed by atoms with Gasteiger partial charge in [0, 0.05) is 11.6 Å². The van der Waals surface area contributed by atoms with E-state index < -0.39 is 5.60 Å². The lowest BCUT2D eigenvalue weighted by Crippen LogP contribution is -2.48. The third kappa shape index (κ3) is 3.73. The van der Waals surface area contributed by atoms with Gasteiger partial charge in [-0.3, -0.25) is 4.79 Å². The molecule has 0 amide bonds. The number of hydrogen-bond acceptors (Lipinski definition) is 4. The second-order valence-corrected chi connectivity index (χ2v) is 6.38. The standard InChI is InChI=1S/C16H24N2O2/c1-16(2,3)20-15(19)14-13(5-4-10-18-14)11-6-8-12(17)9-7-11/h6-9,13-14,18H,4-5,10,17H2,1-3H3. The number of rotatable bonds is 2. The van der Waals surface area contributed by atoms with Gasteiger partial charge in [-0.15, -0.1) is 0 Å². The Hall–Kier alpha value is -1.55. The lowest BCUT2D eigenvalue weighted by molar-refractivity contribution is -0.158. The smallest absolute Gasteiger partial charge is 0.324 e. The number of piperidine rings is 1. The van der Waals surface area contributed by atoms with E-state index in [-0.39, 0.29) is 17.9 Å². The molecular formula is C16H24N2O2. The van der Waals surface area contributed by atoms with E-state index in [0.717, 1.165) is 30.6 Å². The minimum absolute atomic E-state index is 0.152. The highest BCUT2D eigenvalue weighted by molar-refractivity contribution is 5.78. The molecule has 1 fully saturated rings. The second kappa shape index (κ2) is 5.83. The second-order valence-electron chi connectivity index (χ2n) is 6.38. The summed E-state index contributed by atoms with van der Waals surface area (Å²) < 4.78 is 5.53. The molecule has 0 aliphatic carbocycles. The van der Waals surface area contributed by atoms with E-state index in [1.807, 2.05) is 45.0 Å². The molecule has 0 bridgehead atoms. The first-order valence-corrected chi connectivity index (χ1v) is 7.18. The summed E-state index contributed by atoms with van der Waals surface area (Å²) in [4.78, 5) is 12.4. The maximum atomic E-state index is 12.4. The van der Waals surface area contributed by atoms with Crippen LogP contribution in [0.1, 0.15) is 45.1 Å². The van der Waals surface area contributed by atoms with Gasteiger partial charge in [-0.25, -0.2) is 0 Å². The van der Waals surface area contributed by atoms with Crippen LogP contribution in [0.25, 0.3) is 0 Å². The first-order chi connectivity index (χ1) is 9.37. The van der Waals surface area contributed by atoms with Crippen LogP contribution in [0, 0.1) is 0 Å². The Morgan fingerprint density at radius 2 is 1.95 bits per heavy atom. The van der Waals surface area contributed by atoms with Gasteiger partial charge in [0.2, 0.25) is 0 Å². The van der Waals surface area contributed by atoms with Crippen molar-refractivity contribution < 1.29 is 9.53 Å². The van der Waals surface area contributed by atoms with Crippen molar-refractivity contribution in [1.82, 2.24) is 5.32 Å². The predicted octanol–water partition coefficient (Wildman–Crippen LogP) is 2.45. The Balaban J connectivity index is 2.16. The van der Waals surface area contributed by atoms with Gasteiger partial charge in [0.15, 0.2) is 0 Å². The zero-order valence-corrected chi connectivity index (χ0v) is 12.5. The molecule has 2 unspecified atom stereocenters. The molecule has 1 saturated heterocycles. The van der Waals surface area contributed by atoms with Crippen LogP contribution in [0.4, 0.5) is 5.69 Å². The zero-order chi connectivity index (χ0) is 14.8. The van der Waals surface area contributed by atoms with Gasteiger partial charge in [-0.1, -0.05) is 12.1 Å². The molecule has 4 nitrogen and oxygen atoms in total. The van der Waals surface area contributed by atoms with Crippen LogP contribution in [0.2, 0.25) is 0 Å². The Morgan fingerprint density at radius 1 is 1.30 bits per heavy atom. The molecule has 4 heteroatoms. The molecule has 2 atom stereocenters. The fourth-order valence-electron chi connectivity index (χ4n) is 2.60. The molecular weight excluding hydrogens is 252 g/mol. The number of ether oxygens (including phenoxy) is 1. The van der Waals surface area contributed by atoms with Crippen molar-refractivity contribution in [2.75, 3.05) is 12.3 Å². The van der Waals surface area contributed by atoms with Crippen molar-refractivity contribution in [3.63, 3.8) is 0 Å².